The molecule has 0 heterocycles. The van der Waals surface area contributed by atoms with Gasteiger partial charge in [-0.1, -0.05) is 0 Å². The minimum absolute atomic E-state index is 0.227. The summed E-state index contributed by atoms with van der Waals surface area (Å²) in [5, 5.41) is 9.85. The third-order valence-electron chi connectivity index (χ3n) is 1.54. The lowest BCUT2D eigenvalue weighted by Crippen LogP contribution is -2.11. The first-order valence-electron chi connectivity index (χ1n) is 3.67. The van der Waals surface area contributed by atoms with E-state index in [0.717, 1.165) is 0 Å². The van der Waals surface area contributed by atoms with Crippen molar-refractivity contribution in [3.8, 4) is 0 Å². The molecular formula is C8H5F4NO2. The van der Waals surface area contributed by atoms with Crippen LogP contribution < -0.4 is 5.32 Å². The molecule has 0 atom stereocenters. The number of benzene rings is 1. The fourth-order valence-electron chi connectivity index (χ4n) is 0.908. The molecule has 82 valence electrons. The van der Waals surface area contributed by atoms with E-state index in [9.17, 15) is 22.4 Å². The summed E-state index contributed by atoms with van der Waals surface area (Å²) in [5.41, 5.74) is -1.69. The summed E-state index contributed by atoms with van der Waals surface area (Å²) in [6, 6.07) is 1.53. The van der Waals surface area contributed by atoms with Gasteiger partial charge in [0.1, 0.15) is 5.82 Å². The molecule has 0 spiro atoms. The highest BCUT2D eigenvalue weighted by Crippen LogP contribution is 2.31. The average Bonchev–Trinajstić information content (AvgIpc) is 2.05. The summed E-state index contributed by atoms with van der Waals surface area (Å²) in [7, 11) is 0. The third-order valence-corrected chi connectivity index (χ3v) is 1.54. The predicted octanol–water partition coefficient (Wildman–Crippen LogP) is 2.93. The quantitative estimate of drug-likeness (QED) is 0.719. The van der Waals surface area contributed by atoms with Crippen molar-refractivity contribution in [2.45, 2.75) is 6.18 Å². The fourth-order valence-corrected chi connectivity index (χ4v) is 0.908. The average molecular weight is 223 g/mol. The van der Waals surface area contributed by atoms with E-state index in [-0.39, 0.29) is 6.07 Å². The first-order chi connectivity index (χ1) is 6.80. The number of hydrogen-bond donors (Lipinski definition) is 2. The Hall–Kier alpha value is -1.79. The first-order valence-corrected chi connectivity index (χ1v) is 3.67. The maximum Gasteiger partial charge on any atom is 0.416 e. The molecule has 15 heavy (non-hydrogen) atoms. The number of nitrogens with one attached hydrogen (secondary N) is 1. The lowest BCUT2D eigenvalue weighted by molar-refractivity contribution is -0.137. The number of rotatable bonds is 1. The Bertz CT molecular complexity index is 389. The van der Waals surface area contributed by atoms with Crippen LogP contribution in [0.25, 0.3) is 0 Å². The van der Waals surface area contributed by atoms with Gasteiger partial charge in [0.15, 0.2) is 0 Å². The zero-order valence-electron chi connectivity index (χ0n) is 7.10. The van der Waals surface area contributed by atoms with Gasteiger partial charge in [0, 0.05) is 0 Å². The van der Waals surface area contributed by atoms with Crippen LogP contribution in [0.5, 0.6) is 0 Å². The molecule has 1 rings (SSSR count). The molecule has 0 saturated carbocycles. The number of carboxylic acid groups (broad SMARTS) is 1. The molecule has 0 radical (unpaired) electrons. The van der Waals surface area contributed by atoms with Crippen LogP contribution in [0, 0.1) is 5.82 Å². The van der Waals surface area contributed by atoms with Crippen LogP contribution in [0.15, 0.2) is 18.2 Å². The first kappa shape index (κ1) is 11.3. The van der Waals surface area contributed by atoms with Crippen LogP contribution in [0.4, 0.5) is 28.0 Å². The molecule has 0 fully saturated rings. The second kappa shape index (κ2) is 3.76. The summed E-state index contributed by atoms with van der Waals surface area (Å²) >= 11 is 0. The number of halogens is 4. The van der Waals surface area contributed by atoms with Gasteiger partial charge in [0.25, 0.3) is 0 Å². The van der Waals surface area contributed by atoms with Crippen LogP contribution in [0.1, 0.15) is 5.56 Å². The monoisotopic (exact) mass is 223 g/mol. The third kappa shape index (κ3) is 2.83. The molecule has 0 aliphatic heterocycles. The molecule has 0 aliphatic carbocycles. The number of alkyl halides is 3. The molecule has 0 aliphatic rings. The van der Waals surface area contributed by atoms with Crippen molar-refractivity contribution in [3.05, 3.63) is 29.6 Å². The van der Waals surface area contributed by atoms with Gasteiger partial charge in [-0.3, -0.25) is 5.32 Å². The van der Waals surface area contributed by atoms with E-state index in [0.29, 0.717) is 12.1 Å². The highest BCUT2D eigenvalue weighted by molar-refractivity contribution is 5.82. The van der Waals surface area contributed by atoms with Crippen molar-refractivity contribution >= 4 is 11.8 Å². The Morgan fingerprint density at radius 1 is 1.33 bits per heavy atom. The van der Waals surface area contributed by atoms with E-state index in [1.54, 1.807) is 5.32 Å². The zero-order chi connectivity index (χ0) is 11.6. The lowest BCUT2D eigenvalue weighted by atomic mass is 10.2. The SMILES string of the molecule is O=C(O)Nc1ccc(C(F)(F)F)cc1F. The standard InChI is InChI=1S/C8H5F4NO2/c9-5-3-4(8(10,11)12)1-2-6(5)13-7(14)15/h1-3,13H,(H,14,15). The van der Waals surface area contributed by atoms with E-state index in [2.05, 4.69) is 0 Å². The van der Waals surface area contributed by atoms with Crippen molar-refractivity contribution in [1.29, 1.82) is 0 Å². The van der Waals surface area contributed by atoms with Gasteiger partial charge >= 0.3 is 12.3 Å². The molecule has 2 N–H and O–H groups in total. The van der Waals surface area contributed by atoms with Crippen LogP contribution >= 0.6 is 0 Å². The molecular weight excluding hydrogens is 218 g/mol. The van der Waals surface area contributed by atoms with Crippen molar-refractivity contribution in [3.63, 3.8) is 0 Å². The van der Waals surface area contributed by atoms with Gasteiger partial charge in [-0.15, -0.1) is 0 Å². The topological polar surface area (TPSA) is 49.3 Å². The minimum Gasteiger partial charge on any atom is -0.465 e. The maximum atomic E-state index is 12.9. The smallest absolute Gasteiger partial charge is 0.416 e. The van der Waals surface area contributed by atoms with Crippen molar-refractivity contribution in [2.24, 2.45) is 0 Å². The molecule has 1 amide bonds. The van der Waals surface area contributed by atoms with E-state index in [1.807, 2.05) is 0 Å². The van der Waals surface area contributed by atoms with Gasteiger partial charge in [-0.05, 0) is 18.2 Å². The molecule has 0 aromatic heterocycles. The molecule has 0 bridgehead atoms. The summed E-state index contributed by atoms with van der Waals surface area (Å²) in [4.78, 5) is 10.1. The van der Waals surface area contributed by atoms with Gasteiger partial charge in [0.05, 0.1) is 11.3 Å². The Balaban J connectivity index is 3.03. The predicted molar refractivity (Wildman–Crippen MR) is 43.0 cm³/mol. The van der Waals surface area contributed by atoms with E-state index >= 15 is 0 Å². The second-order valence-electron chi connectivity index (χ2n) is 2.62. The van der Waals surface area contributed by atoms with Gasteiger partial charge in [-0.25, -0.2) is 9.18 Å². The number of amides is 1. The Morgan fingerprint density at radius 3 is 2.33 bits per heavy atom. The van der Waals surface area contributed by atoms with Crippen molar-refractivity contribution < 1.29 is 27.5 Å². The van der Waals surface area contributed by atoms with E-state index in [1.165, 1.54) is 0 Å². The number of anilines is 1. The molecule has 0 saturated heterocycles. The normalized spacial score (nSPS) is 11.2. The Kier molecular flexibility index (Phi) is 2.83. The lowest BCUT2D eigenvalue weighted by Gasteiger charge is -2.08. The van der Waals surface area contributed by atoms with Crippen LogP contribution in [0.2, 0.25) is 0 Å². The second-order valence-corrected chi connectivity index (χ2v) is 2.62. The molecule has 1 aromatic rings. The summed E-state index contributed by atoms with van der Waals surface area (Å²) in [5.74, 6) is -1.27. The van der Waals surface area contributed by atoms with Crippen molar-refractivity contribution in [2.75, 3.05) is 5.32 Å². The highest BCUT2D eigenvalue weighted by atomic mass is 19.4. The van der Waals surface area contributed by atoms with E-state index in [4.69, 9.17) is 5.11 Å². The largest absolute Gasteiger partial charge is 0.465 e. The van der Waals surface area contributed by atoms with Crippen LogP contribution in [0.3, 0.4) is 0 Å². The molecule has 1 aromatic carbocycles. The fraction of sp³-hybridized carbons (Fsp3) is 0.125. The molecule has 7 heteroatoms. The minimum atomic E-state index is -4.65. The van der Waals surface area contributed by atoms with Gasteiger partial charge in [-0.2, -0.15) is 13.2 Å². The summed E-state index contributed by atoms with van der Waals surface area (Å²) in [6.07, 6.45) is -6.20. The summed E-state index contributed by atoms with van der Waals surface area (Å²) < 4.78 is 49.1. The van der Waals surface area contributed by atoms with E-state index < -0.39 is 29.3 Å². The Morgan fingerprint density at radius 2 is 1.93 bits per heavy atom. The van der Waals surface area contributed by atoms with Crippen LogP contribution in [-0.4, -0.2) is 11.2 Å². The maximum absolute atomic E-state index is 12.9. The highest BCUT2D eigenvalue weighted by Gasteiger charge is 2.31. The summed E-state index contributed by atoms with van der Waals surface area (Å²) in [6.45, 7) is 0. The van der Waals surface area contributed by atoms with Gasteiger partial charge < -0.3 is 5.11 Å². The van der Waals surface area contributed by atoms with Crippen molar-refractivity contribution in [1.82, 2.24) is 0 Å². The number of hydrogen-bond acceptors (Lipinski definition) is 1. The Labute approximate surface area is 81.3 Å². The molecule has 0 unspecified atom stereocenters. The number of carbonyl (C=O) groups is 1. The molecule has 3 nitrogen and oxygen atoms in total. The van der Waals surface area contributed by atoms with Crippen LogP contribution in [-0.2, 0) is 6.18 Å². The zero-order valence-corrected chi connectivity index (χ0v) is 7.10. The van der Waals surface area contributed by atoms with Gasteiger partial charge in [0.2, 0.25) is 0 Å².